The summed E-state index contributed by atoms with van der Waals surface area (Å²) in [5.74, 6) is 0.483. The molecule has 0 bridgehead atoms. The summed E-state index contributed by atoms with van der Waals surface area (Å²) >= 11 is 0. The molecule has 0 amide bonds. The Labute approximate surface area is 163 Å². The number of nitrogens with zero attached hydrogens (tertiary/aromatic N) is 2. The molecule has 0 spiro atoms. The van der Waals surface area contributed by atoms with Crippen molar-refractivity contribution in [1.29, 1.82) is 4.78 Å². The lowest BCUT2D eigenvalue weighted by Gasteiger charge is -2.16. The van der Waals surface area contributed by atoms with E-state index in [4.69, 9.17) is 4.78 Å². The van der Waals surface area contributed by atoms with E-state index in [1.807, 2.05) is 6.92 Å². The minimum absolute atomic E-state index is 0.0810. The molecule has 1 heterocycles. The third-order valence-electron chi connectivity index (χ3n) is 3.96. The van der Waals surface area contributed by atoms with Gasteiger partial charge in [-0.25, -0.2) is 13.6 Å². The summed E-state index contributed by atoms with van der Waals surface area (Å²) in [5, 5.41) is 15.5. The second kappa shape index (κ2) is 8.77. The van der Waals surface area contributed by atoms with Crippen molar-refractivity contribution in [2.75, 3.05) is 17.2 Å². The average molecular weight is 401 g/mol. The monoisotopic (exact) mass is 401 g/mol. The standard InChI is InChI=1S/C19H20FN5O2S/c1-12(11-26)23-18-17(13-2-4-14(20)5-3-13)10-22-19(25-18)24-15-6-8-16(9-7-15)28(21)27/h2-10,12,21,26,28H,11H2,1H3,(H2,22,23,24,25)/t12-/m1/s1. The first-order valence-corrected chi connectivity index (χ1v) is 9.78. The highest BCUT2D eigenvalue weighted by atomic mass is 32.2. The first-order valence-electron chi connectivity index (χ1n) is 8.52. The number of anilines is 3. The van der Waals surface area contributed by atoms with Crippen LogP contribution in [0.1, 0.15) is 6.92 Å². The second-order valence-corrected chi connectivity index (χ2v) is 7.26. The summed E-state index contributed by atoms with van der Waals surface area (Å²) in [5.41, 5.74) is 2.09. The smallest absolute Gasteiger partial charge is 0.229 e. The van der Waals surface area contributed by atoms with E-state index in [0.29, 0.717) is 27.9 Å². The predicted molar refractivity (Wildman–Crippen MR) is 108 cm³/mol. The molecule has 3 aromatic rings. The molecule has 146 valence electrons. The molecular weight excluding hydrogens is 381 g/mol. The SMILES string of the molecule is C[C@H](CO)Nc1nc(Nc2ccc([SH](=N)=O)cc2)ncc1-c1ccc(F)cc1. The Morgan fingerprint density at radius 1 is 1.18 bits per heavy atom. The molecule has 4 N–H and O–H groups in total. The maximum absolute atomic E-state index is 13.2. The number of aromatic nitrogens is 2. The van der Waals surface area contributed by atoms with Gasteiger partial charge in [-0.2, -0.15) is 4.98 Å². The number of nitrogens with one attached hydrogen (secondary N) is 3. The predicted octanol–water partition coefficient (Wildman–Crippen LogP) is 3.42. The molecule has 0 saturated carbocycles. The van der Waals surface area contributed by atoms with Gasteiger partial charge in [-0.3, -0.25) is 4.78 Å². The van der Waals surface area contributed by atoms with Crippen molar-refractivity contribution in [2.45, 2.75) is 17.9 Å². The van der Waals surface area contributed by atoms with Crippen molar-refractivity contribution in [1.82, 2.24) is 9.97 Å². The van der Waals surface area contributed by atoms with Crippen LogP contribution in [-0.4, -0.2) is 31.9 Å². The lowest BCUT2D eigenvalue weighted by molar-refractivity contribution is 0.281. The number of hydrogen-bond donors (Lipinski definition) is 5. The van der Waals surface area contributed by atoms with E-state index < -0.39 is 10.6 Å². The molecule has 1 unspecified atom stereocenters. The van der Waals surface area contributed by atoms with Crippen LogP contribution >= 0.6 is 0 Å². The molecule has 9 heteroatoms. The Balaban J connectivity index is 1.92. The normalized spacial score (nSPS) is 13.0. The fourth-order valence-corrected chi connectivity index (χ4v) is 2.90. The van der Waals surface area contributed by atoms with Crippen molar-refractivity contribution in [2.24, 2.45) is 0 Å². The molecule has 28 heavy (non-hydrogen) atoms. The summed E-state index contributed by atoms with van der Waals surface area (Å²) < 4.78 is 31.7. The van der Waals surface area contributed by atoms with E-state index in [1.54, 1.807) is 42.6 Å². The van der Waals surface area contributed by atoms with Gasteiger partial charge in [0.2, 0.25) is 5.95 Å². The van der Waals surface area contributed by atoms with Crippen LogP contribution < -0.4 is 10.6 Å². The first-order chi connectivity index (χ1) is 13.5. The van der Waals surface area contributed by atoms with Crippen LogP contribution in [-0.2, 0) is 10.6 Å². The zero-order valence-electron chi connectivity index (χ0n) is 15.1. The maximum Gasteiger partial charge on any atom is 0.229 e. The van der Waals surface area contributed by atoms with Gasteiger partial charge in [0.25, 0.3) is 0 Å². The van der Waals surface area contributed by atoms with Crippen LogP contribution in [0, 0.1) is 10.6 Å². The molecule has 0 aliphatic heterocycles. The lowest BCUT2D eigenvalue weighted by Crippen LogP contribution is -2.21. The van der Waals surface area contributed by atoms with E-state index in [1.165, 1.54) is 12.1 Å². The van der Waals surface area contributed by atoms with Gasteiger partial charge in [-0.15, -0.1) is 0 Å². The van der Waals surface area contributed by atoms with Crippen molar-refractivity contribution in [3.63, 3.8) is 0 Å². The summed E-state index contributed by atoms with van der Waals surface area (Å²) in [6, 6.07) is 12.3. The quantitative estimate of drug-likeness (QED) is 0.388. The molecule has 2 atom stereocenters. The molecule has 1 aromatic heterocycles. The van der Waals surface area contributed by atoms with Crippen LogP contribution in [0.2, 0.25) is 0 Å². The Bertz CT molecular complexity index is 1020. The Kier molecular flexibility index (Phi) is 6.17. The fraction of sp³-hybridized carbons (Fsp3) is 0.158. The molecule has 0 fully saturated rings. The van der Waals surface area contributed by atoms with E-state index in [-0.39, 0.29) is 18.5 Å². The molecule has 0 aliphatic rings. The van der Waals surface area contributed by atoms with Crippen molar-refractivity contribution < 1.29 is 13.7 Å². The number of benzene rings is 2. The number of aliphatic hydroxyl groups excluding tert-OH is 1. The molecule has 2 aromatic carbocycles. The lowest BCUT2D eigenvalue weighted by atomic mass is 10.1. The number of rotatable bonds is 7. The number of thiol groups is 1. The highest BCUT2D eigenvalue weighted by Gasteiger charge is 2.12. The van der Waals surface area contributed by atoms with E-state index in [2.05, 4.69) is 20.6 Å². The first kappa shape index (κ1) is 19.7. The van der Waals surface area contributed by atoms with Gasteiger partial charge < -0.3 is 15.7 Å². The topological polar surface area (TPSA) is 111 Å². The van der Waals surface area contributed by atoms with Gasteiger partial charge in [0, 0.05) is 28.4 Å². The fourth-order valence-electron chi connectivity index (χ4n) is 2.48. The van der Waals surface area contributed by atoms with E-state index >= 15 is 0 Å². The van der Waals surface area contributed by atoms with Gasteiger partial charge in [0.1, 0.15) is 11.6 Å². The van der Waals surface area contributed by atoms with Crippen molar-refractivity contribution in [3.05, 3.63) is 60.5 Å². The number of hydrogen-bond acceptors (Lipinski definition) is 7. The molecule has 0 radical (unpaired) electrons. The van der Waals surface area contributed by atoms with Crippen LogP contribution in [0.3, 0.4) is 0 Å². The minimum Gasteiger partial charge on any atom is -0.394 e. The Morgan fingerprint density at radius 2 is 1.86 bits per heavy atom. The van der Waals surface area contributed by atoms with Gasteiger partial charge in [-0.05, 0) is 48.9 Å². The van der Waals surface area contributed by atoms with Crippen LogP contribution in [0.4, 0.5) is 21.8 Å². The molecule has 3 rings (SSSR count). The third-order valence-corrected chi connectivity index (χ3v) is 4.73. The summed E-state index contributed by atoms with van der Waals surface area (Å²) in [6.07, 6.45) is 1.62. The summed E-state index contributed by atoms with van der Waals surface area (Å²) in [4.78, 5) is 9.23. The van der Waals surface area contributed by atoms with E-state index in [0.717, 1.165) is 5.56 Å². The molecular formula is C19H20FN5O2S. The van der Waals surface area contributed by atoms with Gasteiger partial charge in [-0.1, -0.05) is 12.1 Å². The third kappa shape index (κ3) is 4.81. The van der Waals surface area contributed by atoms with Crippen LogP contribution in [0.5, 0.6) is 0 Å². The van der Waals surface area contributed by atoms with Gasteiger partial charge in [0.05, 0.1) is 17.2 Å². The molecule has 0 aliphatic carbocycles. The molecule has 0 saturated heterocycles. The highest BCUT2D eigenvalue weighted by molar-refractivity contribution is 7.73. The summed E-state index contributed by atoms with van der Waals surface area (Å²) in [7, 11) is -2.14. The average Bonchev–Trinajstić information content (AvgIpc) is 2.69. The van der Waals surface area contributed by atoms with Crippen molar-refractivity contribution >= 4 is 28.0 Å². The largest absolute Gasteiger partial charge is 0.394 e. The minimum atomic E-state index is -2.14. The number of halogens is 1. The second-order valence-electron chi connectivity index (χ2n) is 6.16. The summed E-state index contributed by atoms with van der Waals surface area (Å²) in [6.45, 7) is 1.73. The molecule has 7 nitrogen and oxygen atoms in total. The number of aliphatic hydroxyl groups is 1. The van der Waals surface area contributed by atoms with Gasteiger partial charge in [0.15, 0.2) is 0 Å². The Hall–Kier alpha value is -3.04. The van der Waals surface area contributed by atoms with Crippen molar-refractivity contribution in [3.8, 4) is 11.1 Å². The van der Waals surface area contributed by atoms with Crippen LogP contribution in [0.15, 0.2) is 59.6 Å². The maximum atomic E-state index is 13.2. The van der Waals surface area contributed by atoms with Crippen LogP contribution in [0.25, 0.3) is 11.1 Å². The van der Waals surface area contributed by atoms with E-state index in [9.17, 15) is 13.7 Å². The zero-order valence-corrected chi connectivity index (χ0v) is 16.0. The van der Waals surface area contributed by atoms with Gasteiger partial charge >= 0.3 is 0 Å². The Morgan fingerprint density at radius 3 is 2.46 bits per heavy atom. The zero-order chi connectivity index (χ0) is 20.1. The highest BCUT2D eigenvalue weighted by Crippen LogP contribution is 2.28.